The summed E-state index contributed by atoms with van der Waals surface area (Å²) in [4.78, 5) is 28.1. The summed E-state index contributed by atoms with van der Waals surface area (Å²) in [5.41, 5.74) is 0.705. The minimum absolute atomic E-state index is 0.118. The minimum atomic E-state index is -4.60. The summed E-state index contributed by atoms with van der Waals surface area (Å²) in [5, 5.41) is 9.78. The number of rotatable bonds is 1. The SMILES string of the molecule is N#C[C@@H]1[C@@H]2C(=O)N(c3cccc(C(F)(F)F)c3)C(=O)[C@@H]2[C@H]2c3ccccc3C=C[NH+]12. The Morgan fingerprint density at radius 1 is 1.00 bits per heavy atom. The van der Waals surface area contributed by atoms with Crippen molar-refractivity contribution < 1.29 is 27.7 Å². The topological polar surface area (TPSA) is 65.6 Å². The molecule has 3 heterocycles. The lowest BCUT2D eigenvalue weighted by atomic mass is 9.85. The molecule has 3 aliphatic rings. The van der Waals surface area contributed by atoms with E-state index in [2.05, 4.69) is 6.07 Å². The summed E-state index contributed by atoms with van der Waals surface area (Å²) in [6, 6.07) is 12.5. The van der Waals surface area contributed by atoms with Gasteiger partial charge in [-0.05, 0) is 29.8 Å². The number of benzene rings is 2. The molecule has 3 aliphatic heterocycles. The molecule has 1 N–H and O–H groups in total. The second kappa shape index (κ2) is 6.28. The van der Waals surface area contributed by atoms with Gasteiger partial charge in [-0.15, -0.1) is 0 Å². The highest BCUT2D eigenvalue weighted by Crippen LogP contribution is 2.45. The minimum Gasteiger partial charge on any atom is -0.287 e. The van der Waals surface area contributed by atoms with E-state index in [1.165, 1.54) is 12.1 Å². The highest BCUT2D eigenvalue weighted by atomic mass is 19.4. The summed E-state index contributed by atoms with van der Waals surface area (Å²) in [6.07, 6.45) is -0.929. The number of carbonyl (C=O) groups is 2. The predicted molar refractivity (Wildman–Crippen MR) is 99.5 cm³/mol. The number of imide groups is 1. The molecule has 2 aromatic rings. The van der Waals surface area contributed by atoms with Gasteiger partial charge in [0.1, 0.15) is 23.9 Å². The van der Waals surface area contributed by atoms with E-state index in [4.69, 9.17) is 0 Å². The maximum atomic E-state index is 13.4. The number of carbonyl (C=O) groups excluding carboxylic acids is 2. The fraction of sp³-hybridized carbons (Fsp3) is 0.227. The van der Waals surface area contributed by atoms with Gasteiger partial charge in [-0.25, -0.2) is 4.90 Å². The fourth-order valence-electron chi connectivity index (χ4n) is 4.96. The zero-order valence-electron chi connectivity index (χ0n) is 15.4. The molecule has 0 aromatic heterocycles. The third-order valence-electron chi connectivity index (χ3n) is 6.19. The predicted octanol–water partition coefficient (Wildman–Crippen LogP) is 2.33. The van der Waals surface area contributed by atoms with E-state index in [0.29, 0.717) is 0 Å². The van der Waals surface area contributed by atoms with Gasteiger partial charge in [-0.2, -0.15) is 18.4 Å². The first kappa shape index (κ1) is 18.6. The average Bonchev–Trinajstić information content (AvgIpc) is 3.20. The molecule has 5 rings (SSSR count). The van der Waals surface area contributed by atoms with Crippen molar-refractivity contribution in [3.05, 3.63) is 71.4 Å². The van der Waals surface area contributed by atoms with Crippen molar-refractivity contribution in [2.75, 3.05) is 4.90 Å². The molecule has 0 radical (unpaired) electrons. The molecule has 8 heteroatoms. The Bertz CT molecular complexity index is 1150. The van der Waals surface area contributed by atoms with Crippen LogP contribution in [0.1, 0.15) is 22.7 Å². The lowest BCUT2D eigenvalue weighted by molar-refractivity contribution is -0.885. The van der Waals surface area contributed by atoms with E-state index in [9.17, 15) is 28.0 Å². The number of amides is 2. The van der Waals surface area contributed by atoms with Crippen molar-refractivity contribution in [1.29, 1.82) is 5.26 Å². The first-order chi connectivity index (χ1) is 14.3. The van der Waals surface area contributed by atoms with E-state index in [1.54, 1.807) is 6.20 Å². The summed E-state index contributed by atoms with van der Waals surface area (Å²) in [5.74, 6) is -2.90. The lowest BCUT2D eigenvalue weighted by Gasteiger charge is -2.29. The molecule has 0 aliphatic carbocycles. The van der Waals surface area contributed by atoms with Crippen LogP contribution >= 0.6 is 0 Å². The van der Waals surface area contributed by atoms with Crippen molar-refractivity contribution in [2.24, 2.45) is 11.8 Å². The molecule has 2 fully saturated rings. The highest BCUT2D eigenvalue weighted by molar-refractivity contribution is 6.22. The number of hydrogen-bond donors (Lipinski definition) is 1. The average molecular weight is 410 g/mol. The number of halogens is 3. The fourth-order valence-corrected chi connectivity index (χ4v) is 4.96. The zero-order valence-corrected chi connectivity index (χ0v) is 15.4. The van der Waals surface area contributed by atoms with E-state index in [0.717, 1.165) is 33.1 Å². The van der Waals surface area contributed by atoms with Crippen LogP contribution in [0.5, 0.6) is 0 Å². The van der Waals surface area contributed by atoms with E-state index < -0.39 is 47.5 Å². The van der Waals surface area contributed by atoms with Gasteiger partial charge < -0.3 is 0 Å². The zero-order chi connectivity index (χ0) is 21.2. The molecule has 5 nitrogen and oxygen atoms in total. The lowest BCUT2D eigenvalue weighted by Crippen LogP contribution is -3.10. The molecular weight excluding hydrogens is 395 g/mol. The number of nitrogens with zero attached hydrogens (tertiary/aromatic N) is 2. The maximum Gasteiger partial charge on any atom is 0.416 e. The van der Waals surface area contributed by atoms with Crippen molar-refractivity contribution in [2.45, 2.75) is 18.3 Å². The molecule has 150 valence electrons. The number of fused-ring (bicyclic) bond motifs is 5. The van der Waals surface area contributed by atoms with Gasteiger partial charge in [-0.3, -0.25) is 14.5 Å². The van der Waals surface area contributed by atoms with Crippen LogP contribution in [0.3, 0.4) is 0 Å². The Hall–Kier alpha value is -3.44. The van der Waals surface area contributed by atoms with Crippen LogP contribution < -0.4 is 9.80 Å². The van der Waals surface area contributed by atoms with Gasteiger partial charge in [0.2, 0.25) is 11.8 Å². The number of alkyl halides is 3. The van der Waals surface area contributed by atoms with Gasteiger partial charge in [0, 0.05) is 5.56 Å². The first-order valence-corrected chi connectivity index (χ1v) is 9.41. The van der Waals surface area contributed by atoms with Crippen molar-refractivity contribution in [3.63, 3.8) is 0 Å². The van der Waals surface area contributed by atoms with Crippen LogP contribution in [0.4, 0.5) is 18.9 Å². The Balaban J connectivity index is 1.61. The summed E-state index contributed by atoms with van der Waals surface area (Å²) in [6.45, 7) is 0. The van der Waals surface area contributed by atoms with Crippen LogP contribution in [0.15, 0.2) is 54.7 Å². The van der Waals surface area contributed by atoms with Crippen molar-refractivity contribution >= 4 is 23.6 Å². The number of nitriles is 1. The smallest absolute Gasteiger partial charge is 0.287 e. The second-order valence-corrected chi connectivity index (χ2v) is 7.66. The third-order valence-corrected chi connectivity index (χ3v) is 6.19. The molecule has 0 spiro atoms. The van der Waals surface area contributed by atoms with Gasteiger partial charge in [0.15, 0.2) is 6.04 Å². The molecule has 2 aromatic carbocycles. The van der Waals surface area contributed by atoms with E-state index >= 15 is 0 Å². The summed E-state index contributed by atoms with van der Waals surface area (Å²) in [7, 11) is 0. The van der Waals surface area contributed by atoms with Gasteiger partial charge >= 0.3 is 6.18 Å². The Morgan fingerprint density at radius 3 is 2.47 bits per heavy atom. The van der Waals surface area contributed by atoms with Gasteiger partial charge in [0.05, 0.1) is 17.5 Å². The third kappa shape index (κ3) is 2.45. The Morgan fingerprint density at radius 2 is 1.73 bits per heavy atom. The van der Waals surface area contributed by atoms with Crippen LogP contribution in [0, 0.1) is 23.2 Å². The van der Waals surface area contributed by atoms with Gasteiger partial charge in [-0.1, -0.05) is 30.3 Å². The molecule has 30 heavy (non-hydrogen) atoms. The molecule has 1 unspecified atom stereocenters. The normalized spacial score (nSPS) is 29.4. The second-order valence-electron chi connectivity index (χ2n) is 7.66. The van der Waals surface area contributed by atoms with Crippen LogP contribution in [0.2, 0.25) is 0 Å². The van der Waals surface area contributed by atoms with E-state index in [-0.39, 0.29) is 5.69 Å². The monoisotopic (exact) mass is 410 g/mol. The number of nitrogens with one attached hydrogen (secondary N) is 1. The van der Waals surface area contributed by atoms with Crippen molar-refractivity contribution in [1.82, 2.24) is 0 Å². The number of quaternary nitrogens is 1. The standard InChI is InChI=1S/C22H14F3N3O2/c23-22(24,25)13-5-3-6-14(10-13)28-20(29)17-16(11-26)27-9-8-12-4-1-2-7-15(12)19(27)18(17)21(28)30/h1-10,16-19H/p+1/t16-,17+,18+,19-/m1/s1. The van der Waals surface area contributed by atoms with E-state index in [1.807, 2.05) is 30.3 Å². The highest BCUT2D eigenvalue weighted by Gasteiger charge is 2.66. The quantitative estimate of drug-likeness (QED) is 0.734. The largest absolute Gasteiger partial charge is 0.416 e. The molecular formula is C22H15F3N3O2+. The molecule has 2 amide bonds. The van der Waals surface area contributed by atoms with Crippen LogP contribution in [-0.2, 0) is 15.8 Å². The Labute approximate surface area is 169 Å². The van der Waals surface area contributed by atoms with Crippen molar-refractivity contribution in [3.8, 4) is 6.07 Å². The summed E-state index contributed by atoms with van der Waals surface area (Å²) >= 11 is 0. The van der Waals surface area contributed by atoms with Crippen LogP contribution in [-0.4, -0.2) is 17.9 Å². The van der Waals surface area contributed by atoms with Crippen LogP contribution in [0.25, 0.3) is 6.08 Å². The number of hydrogen-bond acceptors (Lipinski definition) is 3. The molecule has 5 atom stereocenters. The first-order valence-electron chi connectivity index (χ1n) is 9.41. The Kier molecular flexibility index (Phi) is 3.89. The summed E-state index contributed by atoms with van der Waals surface area (Å²) < 4.78 is 39.4. The van der Waals surface area contributed by atoms with Gasteiger partial charge in [0.25, 0.3) is 0 Å². The molecule has 2 saturated heterocycles. The molecule has 0 bridgehead atoms. The maximum absolute atomic E-state index is 13.4. The number of anilines is 1. The molecule has 0 saturated carbocycles.